The zero-order valence-corrected chi connectivity index (χ0v) is 21.2. The van der Waals surface area contributed by atoms with Crippen LogP contribution < -0.4 is 15.5 Å². The first-order valence-corrected chi connectivity index (χ1v) is 13.3. The second-order valence-corrected chi connectivity index (χ2v) is 10.3. The Hall–Kier alpha value is -2.19. The highest BCUT2D eigenvalue weighted by Gasteiger charge is 2.22. The standard InChI is InChI=1S/C26H30BrN3O2S/c1-19(14-20-6-5-7-22(27)15-20)24-16-21(18-33(31)32)25(29-23-8-3-2-4-9-23)17-26(24)30-12-10-28-11-13-30/h2-9,15-17,19,28-29H,10-14,18H2,1H3,(H,31,32). The van der Waals surface area contributed by atoms with E-state index in [4.69, 9.17) is 0 Å². The van der Waals surface area contributed by atoms with Crippen molar-refractivity contribution in [3.8, 4) is 0 Å². The molecule has 33 heavy (non-hydrogen) atoms. The topological polar surface area (TPSA) is 64.6 Å². The largest absolute Gasteiger partial charge is 0.369 e. The number of para-hydroxylation sites is 1. The Morgan fingerprint density at radius 3 is 2.55 bits per heavy atom. The molecule has 1 fully saturated rings. The molecule has 0 aromatic heterocycles. The third-order valence-corrected chi connectivity index (χ3v) is 7.06. The van der Waals surface area contributed by atoms with Crippen LogP contribution in [0.15, 0.2) is 71.2 Å². The van der Waals surface area contributed by atoms with Crippen molar-refractivity contribution >= 4 is 44.1 Å². The van der Waals surface area contributed by atoms with Crippen molar-refractivity contribution in [1.82, 2.24) is 5.32 Å². The van der Waals surface area contributed by atoms with E-state index in [0.717, 1.165) is 54.0 Å². The monoisotopic (exact) mass is 527 g/mol. The number of hydrogen-bond donors (Lipinski definition) is 3. The van der Waals surface area contributed by atoms with E-state index < -0.39 is 11.1 Å². The highest BCUT2D eigenvalue weighted by molar-refractivity contribution is 9.10. The Morgan fingerprint density at radius 1 is 1.09 bits per heavy atom. The van der Waals surface area contributed by atoms with Crippen LogP contribution in [0.3, 0.4) is 0 Å². The summed E-state index contributed by atoms with van der Waals surface area (Å²) in [5, 5.41) is 6.92. The predicted octanol–water partition coefficient (Wildman–Crippen LogP) is 5.67. The quantitative estimate of drug-likeness (QED) is 0.329. The molecule has 2 unspecified atom stereocenters. The van der Waals surface area contributed by atoms with Gasteiger partial charge in [-0.2, -0.15) is 0 Å². The first kappa shape index (κ1) is 24.0. The van der Waals surface area contributed by atoms with Crippen molar-refractivity contribution < 1.29 is 8.76 Å². The number of halogens is 1. The molecule has 0 radical (unpaired) electrons. The molecule has 5 nitrogen and oxygen atoms in total. The summed E-state index contributed by atoms with van der Waals surface area (Å²) in [4.78, 5) is 2.43. The lowest BCUT2D eigenvalue weighted by atomic mass is 9.90. The fourth-order valence-electron chi connectivity index (χ4n) is 4.40. The van der Waals surface area contributed by atoms with E-state index in [1.807, 2.05) is 36.4 Å². The minimum Gasteiger partial charge on any atom is -0.369 e. The molecule has 0 bridgehead atoms. The Kier molecular flexibility index (Phi) is 8.20. The molecular formula is C26H30BrN3O2S. The molecule has 174 valence electrons. The zero-order valence-electron chi connectivity index (χ0n) is 18.8. The average molecular weight is 529 g/mol. The number of nitrogens with zero attached hydrogens (tertiary/aromatic N) is 1. The summed E-state index contributed by atoms with van der Waals surface area (Å²) in [6, 6.07) is 22.7. The number of anilines is 3. The molecule has 1 aliphatic heterocycles. The van der Waals surface area contributed by atoms with Crippen molar-refractivity contribution in [2.45, 2.75) is 25.0 Å². The first-order valence-electron chi connectivity index (χ1n) is 11.3. The molecule has 1 aliphatic rings. The van der Waals surface area contributed by atoms with Gasteiger partial charge < -0.3 is 20.1 Å². The van der Waals surface area contributed by atoms with Crippen LogP contribution in [-0.2, 0) is 23.3 Å². The van der Waals surface area contributed by atoms with E-state index in [9.17, 15) is 8.76 Å². The summed E-state index contributed by atoms with van der Waals surface area (Å²) in [5.74, 6) is 0.342. The van der Waals surface area contributed by atoms with Gasteiger partial charge in [-0.25, -0.2) is 4.21 Å². The molecule has 7 heteroatoms. The number of rotatable bonds is 8. The van der Waals surface area contributed by atoms with Gasteiger partial charge in [0.2, 0.25) is 0 Å². The normalized spacial score (nSPS) is 15.8. The minimum atomic E-state index is -1.93. The number of hydrogen-bond acceptors (Lipinski definition) is 4. The fourth-order valence-corrected chi connectivity index (χ4v) is 5.35. The fraction of sp³-hybridized carbons (Fsp3) is 0.308. The molecule has 0 aliphatic carbocycles. The summed E-state index contributed by atoms with van der Waals surface area (Å²) < 4.78 is 22.6. The van der Waals surface area contributed by atoms with Gasteiger partial charge in [0.1, 0.15) is 0 Å². The van der Waals surface area contributed by atoms with Crippen molar-refractivity contribution in [2.24, 2.45) is 0 Å². The van der Waals surface area contributed by atoms with Crippen LogP contribution in [-0.4, -0.2) is 34.9 Å². The molecule has 3 N–H and O–H groups in total. The Morgan fingerprint density at radius 2 is 1.85 bits per heavy atom. The van der Waals surface area contributed by atoms with Gasteiger partial charge in [0.25, 0.3) is 0 Å². The Labute approximate surface area is 207 Å². The summed E-state index contributed by atoms with van der Waals surface area (Å²) in [6.45, 7) is 6.01. The van der Waals surface area contributed by atoms with E-state index in [-0.39, 0.29) is 11.7 Å². The number of benzene rings is 3. The lowest BCUT2D eigenvalue weighted by Gasteiger charge is -2.33. The summed E-state index contributed by atoms with van der Waals surface area (Å²) in [5.41, 5.74) is 6.39. The lowest BCUT2D eigenvalue weighted by Crippen LogP contribution is -2.44. The van der Waals surface area contributed by atoms with E-state index in [0.29, 0.717) is 0 Å². The van der Waals surface area contributed by atoms with E-state index >= 15 is 0 Å². The summed E-state index contributed by atoms with van der Waals surface area (Å²) in [6.07, 6.45) is 0.894. The maximum Gasteiger partial charge on any atom is 0.157 e. The van der Waals surface area contributed by atoms with Gasteiger partial charge in [-0.05, 0) is 59.4 Å². The predicted molar refractivity (Wildman–Crippen MR) is 142 cm³/mol. The van der Waals surface area contributed by atoms with Crippen LogP contribution in [0.4, 0.5) is 17.1 Å². The Bertz CT molecular complexity index is 1100. The number of piperazine rings is 1. The SMILES string of the molecule is CC(Cc1cccc(Br)c1)c1cc(CS(=O)O)c(Nc2ccccc2)cc1N1CCNCC1. The molecule has 0 saturated carbocycles. The second kappa shape index (κ2) is 11.3. The summed E-state index contributed by atoms with van der Waals surface area (Å²) >= 11 is 1.65. The van der Waals surface area contributed by atoms with Crippen LogP contribution in [0.1, 0.15) is 29.5 Å². The van der Waals surface area contributed by atoms with Crippen LogP contribution in [0, 0.1) is 0 Å². The third kappa shape index (κ3) is 6.44. The lowest BCUT2D eigenvalue weighted by molar-refractivity contribution is 0.563. The van der Waals surface area contributed by atoms with Crippen LogP contribution in [0.5, 0.6) is 0 Å². The number of nitrogens with one attached hydrogen (secondary N) is 2. The zero-order chi connectivity index (χ0) is 23.2. The van der Waals surface area contributed by atoms with Gasteiger partial charge >= 0.3 is 0 Å². The van der Waals surface area contributed by atoms with Gasteiger partial charge in [-0.1, -0.05) is 59.3 Å². The molecule has 1 heterocycles. The maximum atomic E-state index is 11.8. The molecule has 0 spiro atoms. The smallest absolute Gasteiger partial charge is 0.157 e. The minimum absolute atomic E-state index is 0.0909. The van der Waals surface area contributed by atoms with Gasteiger partial charge in [-0.3, -0.25) is 0 Å². The third-order valence-electron chi connectivity index (χ3n) is 6.00. The molecule has 3 aromatic rings. The summed E-state index contributed by atoms with van der Waals surface area (Å²) in [7, 11) is 0. The van der Waals surface area contributed by atoms with Gasteiger partial charge in [0.05, 0.1) is 5.75 Å². The van der Waals surface area contributed by atoms with Gasteiger partial charge in [0, 0.05) is 47.7 Å². The van der Waals surface area contributed by atoms with Crippen molar-refractivity contribution in [1.29, 1.82) is 0 Å². The highest BCUT2D eigenvalue weighted by atomic mass is 79.9. The van der Waals surface area contributed by atoms with E-state index in [1.165, 1.54) is 16.8 Å². The highest BCUT2D eigenvalue weighted by Crippen LogP contribution is 2.37. The van der Waals surface area contributed by atoms with Gasteiger partial charge in [-0.15, -0.1) is 0 Å². The van der Waals surface area contributed by atoms with Crippen LogP contribution in [0.2, 0.25) is 0 Å². The molecule has 2 atom stereocenters. The van der Waals surface area contributed by atoms with Gasteiger partial charge in [0.15, 0.2) is 11.1 Å². The van der Waals surface area contributed by atoms with Crippen molar-refractivity contribution in [3.05, 3.63) is 87.9 Å². The second-order valence-electron chi connectivity index (χ2n) is 8.50. The first-order chi connectivity index (χ1) is 16.0. The van der Waals surface area contributed by atoms with Crippen LogP contribution in [0.25, 0.3) is 0 Å². The molecule has 0 amide bonds. The molecular weight excluding hydrogens is 498 g/mol. The van der Waals surface area contributed by atoms with Crippen molar-refractivity contribution in [3.63, 3.8) is 0 Å². The maximum absolute atomic E-state index is 11.8. The molecule has 1 saturated heterocycles. The van der Waals surface area contributed by atoms with Crippen LogP contribution >= 0.6 is 15.9 Å². The average Bonchev–Trinajstić information content (AvgIpc) is 2.81. The van der Waals surface area contributed by atoms with Crippen molar-refractivity contribution in [2.75, 3.05) is 36.4 Å². The van der Waals surface area contributed by atoms with E-state index in [2.05, 4.69) is 68.7 Å². The molecule has 4 rings (SSSR count). The molecule has 3 aromatic carbocycles. The Balaban J connectivity index is 1.75. The van der Waals surface area contributed by atoms with E-state index in [1.54, 1.807) is 0 Å².